The van der Waals surface area contributed by atoms with Crippen LogP contribution in [0, 0.1) is 11.3 Å². The van der Waals surface area contributed by atoms with E-state index < -0.39 is 0 Å². The van der Waals surface area contributed by atoms with Crippen molar-refractivity contribution < 1.29 is 0 Å². The van der Waals surface area contributed by atoms with Crippen molar-refractivity contribution in [3.63, 3.8) is 0 Å². The fraction of sp³-hybridized carbons (Fsp3) is 0.625. The molecular formula is C16H23N. The molecule has 0 bridgehead atoms. The van der Waals surface area contributed by atoms with Gasteiger partial charge in [0.25, 0.3) is 0 Å². The number of rotatable bonds is 4. The Morgan fingerprint density at radius 1 is 1.24 bits per heavy atom. The Morgan fingerprint density at radius 2 is 2.00 bits per heavy atom. The van der Waals surface area contributed by atoms with Crippen molar-refractivity contribution in [2.45, 2.75) is 45.4 Å². The molecule has 1 saturated carbocycles. The van der Waals surface area contributed by atoms with Crippen molar-refractivity contribution in [2.24, 2.45) is 17.1 Å². The molecule has 17 heavy (non-hydrogen) atoms. The van der Waals surface area contributed by atoms with Gasteiger partial charge in [0.05, 0.1) is 0 Å². The van der Waals surface area contributed by atoms with Crippen LogP contribution in [-0.2, 0) is 19.3 Å². The van der Waals surface area contributed by atoms with Crippen LogP contribution in [0.2, 0.25) is 0 Å². The molecule has 2 aliphatic carbocycles. The van der Waals surface area contributed by atoms with E-state index in [1.54, 1.807) is 11.1 Å². The van der Waals surface area contributed by atoms with E-state index in [-0.39, 0.29) is 0 Å². The Balaban J connectivity index is 1.80. The maximum atomic E-state index is 6.01. The highest BCUT2D eigenvalue weighted by Gasteiger charge is 2.40. The van der Waals surface area contributed by atoms with Crippen LogP contribution in [0.4, 0.5) is 0 Å². The Bertz CT molecular complexity index is 420. The Morgan fingerprint density at radius 3 is 2.71 bits per heavy atom. The number of aryl methyl sites for hydroxylation is 2. The minimum atomic E-state index is 0.340. The first-order valence-electron chi connectivity index (χ1n) is 7.02. The van der Waals surface area contributed by atoms with E-state index in [4.69, 9.17) is 5.73 Å². The Labute approximate surface area is 104 Å². The summed E-state index contributed by atoms with van der Waals surface area (Å²) in [4.78, 5) is 0. The average Bonchev–Trinajstić information content (AvgIpc) is 3.09. The van der Waals surface area contributed by atoms with Crippen LogP contribution >= 0.6 is 0 Å². The second-order valence-electron chi connectivity index (χ2n) is 6.27. The number of hydrogen-bond donors (Lipinski definition) is 1. The van der Waals surface area contributed by atoms with E-state index in [1.165, 1.54) is 44.1 Å². The lowest BCUT2D eigenvalue weighted by Gasteiger charge is -2.28. The largest absolute Gasteiger partial charge is 0.330 e. The molecule has 0 aliphatic heterocycles. The molecule has 0 spiro atoms. The third-order valence-electron chi connectivity index (χ3n) is 4.80. The molecule has 2 aliphatic rings. The lowest BCUT2D eigenvalue weighted by molar-refractivity contribution is 0.281. The van der Waals surface area contributed by atoms with Crippen LogP contribution in [0.1, 0.15) is 42.9 Å². The zero-order valence-electron chi connectivity index (χ0n) is 10.8. The quantitative estimate of drug-likeness (QED) is 0.843. The molecule has 1 heteroatoms. The molecule has 0 heterocycles. The first-order valence-corrected chi connectivity index (χ1v) is 7.02. The smallest absolute Gasteiger partial charge is 0.00173 e. The molecule has 1 unspecified atom stereocenters. The second kappa shape index (κ2) is 4.13. The summed E-state index contributed by atoms with van der Waals surface area (Å²) in [5.41, 5.74) is 11.0. The van der Waals surface area contributed by atoms with Crippen LogP contribution < -0.4 is 5.73 Å². The average molecular weight is 229 g/mol. The van der Waals surface area contributed by atoms with Crippen molar-refractivity contribution >= 4 is 0 Å². The van der Waals surface area contributed by atoms with Gasteiger partial charge >= 0.3 is 0 Å². The van der Waals surface area contributed by atoms with E-state index in [1.807, 2.05) is 0 Å². The summed E-state index contributed by atoms with van der Waals surface area (Å²) in [6.45, 7) is 3.20. The third kappa shape index (κ3) is 2.13. The molecule has 1 aromatic rings. The lowest BCUT2D eigenvalue weighted by atomic mass is 9.79. The molecule has 0 amide bonds. The summed E-state index contributed by atoms with van der Waals surface area (Å²) < 4.78 is 0. The fourth-order valence-electron chi connectivity index (χ4n) is 3.36. The minimum Gasteiger partial charge on any atom is -0.330 e. The Hall–Kier alpha value is -0.820. The molecule has 2 N–H and O–H groups in total. The van der Waals surface area contributed by atoms with Crippen LogP contribution in [0.3, 0.4) is 0 Å². The summed E-state index contributed by atoms with van der Waals surface area (Å²) >= 11 is 0. The van der Waals surface area contributed by atoms with Gasteiger partial charge < -0.3 is 5.73 Å². The zero-order chi connectivity index (χ0) is 11.9. The van der Waals surface area contributed by atoms with Crippen LogP contribution in [0.25, 0.3) is 0 Å². The summed E-state index contributed by atoms with van der Waals surface area (Å²) in [5, 5.41) is 0. The fourth-order valence-corrected chi connectivity index (χ4v) is 3.36. The van der Waals surface area contributed by atoms with Gasteiger partial charge in [0.2, 0.25) is 0 Å². The van der Waals surface area contributed by atoms with Crippen LogP contribution in [0.15, 0.2) is 18.2 Å². The summed E-state index contributed by atoms with van der Waals surface area (Å²) in [5.74, 6) is 0.876. The summed E-state index contributed by atoms with van der Waals surface area (Å²) in [6.07, 6.45) is 7.85. The Kier molecular flexibility index (Phi) is 2.74. The normalized spacial score (nSPS) is 22.2. The van der Waals surface area contributed by atoms with Gasteiger partial charge in [-0.3, -0.25) is 0 Å². The topological polar surface area (TPSA) is 26.0 Å². The maximum Gasteiger partial charge on any atom is -0.00173 e. The summed E-state index contributed by atoms with van der Waals surface area (Å²) in [7, 11) is 0. The predicted molar refractivity (Wildman–Crippen MR) is 72.1 cm³/mol. The molecule has 3 rings (SSSR count). The van der Waals surface area contributed by atoms with Crippen LogP contribution in [0.5, 0.6) is 0 Å². The van der Waals surface area contributed by atoms with Gasteiger partial charge in [-0.05, 0) is 73.1 Å². The van der Waals surface area contributed by atoms with E-state index in [9.17, 15) is 0 Å². The molecule has 1 fully saturated rings. The minimum absolute atomic E-state index is 0.340. The highest BCUT2D eigenvalue weighted by Crippen LogP contribution is 2.46. The number of fused-ring (bicyclic) bond motifs is 1. The molecular weight excluding hydrogens is 206 g/mol. The molecule has 92 valence electrons. The first-order chi connectivity index (χ1) is 8.21. The van der Waals surface area contributed by atoms with Gasteiger partial charge in [0, 0.05) is 0 Å². The van der Waals surface area contributed by atoms with E-state index in [0.717, 1.165) is 12.5 Å². The van der Waals surface area contributed by atoms with Gasteiger partial charge in [-0.2, -0.15) is 0 Å². The molecule has 0 aromatic heterocycles. The number of nitrogens with two attached hydrogens (primary N) is 1. The SMILES string of the molecule is CC(CN)(Cc1ccc2c(c1)CCC2)C1CC1. The highest BCUT2D eigenvalue weighted by atomic mass is 14.6. The second-order valence-corrected chi connectivity index (χ2v) is 6.27. The predicted octanol–water partition coefficient (Wildman–Crippen LogP) is 3.09. The van der Waals surface area contributed by atoms with Gasteiger partial charge in [0.15, 0.2) is 0 Å². The van der Waals surface area contributed by atoms with Crippen molar-refractivity contribution in [1.29, 1.82) is 0 Å². The summed E-state index contributed by atoms with van der Waals surface area (Å²) in [6, 6.07) is 7.13. The maximum absolute atomic E-state index is 6.01. The standard InChI is InChI=1S/C16H23N/c1-16(11-17,15-7-8-15)10-12-5-6-13-3-2-4-14(13)9-12/h5-6,9,15H,2-4,7-8,10-11,17H2,1H3. The number of hydrogen-bond acceptors (Lipinski definition) is 1. The first kappa shape index (κ1) is 11.3. The van der Waals surface area contributed by atoms with Gasteiger partial charge in [-0.15, -0.1) is 0 Å². The van der Waals surface area contributed by atoms with Gasteiger partial charge in [-0.25, -0.2) is 0 Å². The molecule has 0 saturated heterocycles. The molecule has 0 radical (unpaired) electrons. The van der Waals surface area contributed by atoms with Gasteiger partial charge in [0.1, 0.15) is 0 Å². The molecule has 1 nitrogen and oxygen atoms in total. The number of benzene rings is 1. The van der Waals surface area contributed by atoms with Crippen molar-refractivity contribution in [1.82, 2.24) is 0 Å². The van der Waals surface area contributed by atoms with Gasteiger partial charge in [-0.1, -0.05) is 25.1 Å². The molecule has 1 aromatic carbocycles. The zero-order valence-corrected chi connectivity index (χ0v) is 10.8. The van der Waals surface area contributed by atoms with E-state index in [0.29, 0.717) is 5.41 Å². The van der Waals surface area contributed by atoms with Crippen LogP contribution in [-0.4, -0.2) is 6.54 Å². The lowest BCUT2D eigenvalue weighted by Crippen LogP contribution is -2.31. The third-order valence-corrected chi connectivity index (χ3v) is 4.80. The van der Waals surface area contributed by atoms with Crippen molar-refractivity contribution in [3.8, 4) is 0 Å². The van der Waals surface area contributed by atoms with E-state index in [2.05, 4.69) is 25.1 Å². The van der Waals surface area contributed by atoms with E-state index >= 15 is 0 Å². The molecule has 1 atom stereocenters. The van der Waals surface area contributed by atoms with Crippen molar-refractivity contribution in [2.75, 3.05) is 6.54 Å². The highest BCUT2D eigenvalue weighted by molar-refractivity contribution is 5.35. The monoisotopic (exact) mass is 229 g/mol. The van der Waals surface area contributed by atoms with Crippen molar-refractivity contribution in [3.05, 3.63) is 34.9 Å².